The second-order valence-electron chi connectivity index (χ2n) is 6.50. The van der Waals surface area contributed by atoms with Gasteiger partial charge in [-0.25, -0.2) is 4.79 Å². The summed E-state index contributed by atoms with van der Waals surface area (Å²) < 4.78 is 16.0. The quantitative estimate of drug-likeness (QED) is 0.485. The average molecular weight is 366 g/mol. The van der Waals surface area contributed by atoms with Gasteiger partial charge in [0.15, 0.2) is 0 Å². The minimum atomic E-state index is -0.453. The van der Waals surface area contributed by atoms with E-state index >= 15 is 0 Å². The lowest BCUT2D eigenvalue weighted by Gasteiger charge is -2.10. The number of esters is 1. The van der Waals surface area contributed by atoms with Crippen LogP contribution >= 0.6 is 0 Å². The molecule has 0 bridgehead atoms. The highest BCUT2D eigenvalue weighted by atomic mass is 16.5. The van der Waals surface area contributed by atoms with Gasteiger partial charge >= 0.3 is 11.6 Å². The number of hydrogen-bond acceptors (Lipinski definition) is 5. The molecule has 0 atom stereocenters. The molecule has 0 saturated carbocycles. The van der Waals surface area contributed by atoms with Crippen molar-refractivity contribution in [2.24, 2.45) is 0 Å². The van der Waals surface area contributed by atoms with Crippen molar-refractivity contribution in [3.63, 3.8) is 0 Å². The number of para-hydroxylation sites is 1. The maximum Gasteiger partial charge on any atom is 0.336 e. The molecule has 140 valence electrons. The molecule has 1 aromatic heterocycles. The summed E-state index contributed by atoms with van der Waals surface area (Å²) in [5.41, 5.74) is 3.78. The van der Waals surface area contributed by atoms with E-state index in [-0.39, 0.29) is 19.0 Å². The molecule has 0 aliphatic rings. The van der Waals surface area contributed by atoms with Crippen LogP contribution in [0.4, 0.5) is 0 Å². The van der Waals surface area contributed by atoms with Crippen LogP contribution in [-0.4, -0.2) is 13.1 Å². The molecule has 2 aromatic carbocycles. The van der Waals surface area contributed by atoms with Gasteiger partial charge in [-0.05, 0) is 55.2 Å². The smallest absolute Gasteiger partial charge is 0.336 e. The first-order valence-electron chi connectivity index (χ1n) is 8.79. The third kappa shape index (κ3) is 4.37. The highest BCUT2D eigenvalue weighted by Gasteiger charge is 2.11. The molecule has 0 amide bonds. The van der Waals surface area contributed by atoms with Gasteiger partial charge < -0.3 is 13.9 Å². The average Bonchev–Trinajstić information content (AvgIpc) is 2.66. The van der Waals surface area contributed by atoms with Crippen LogP contribution in [0.25, 0.3) is 11.0 Å². The van der Waals surface area contributed by atoms with Crippen LogP contribution in [0.15, 0.2) is 51.7 Å². The zero-order chi connectivity index (χ0) is 19.4. The van der Waals surface area contributed by atoms with Crippen LogP contribution < -0.4 is 10.4 Å². The Kier molecular flexibility index (Phi) is 5.60. The lowest BCUT2D eigenvalue weighted by molar-refractivity contribution is -0.144. The standard InChI is InChI=1S/C22H22O5/c1-14-10-18-17(12-22(24)27-20(18)11-15(14)2)13-26-21(23)9-8-16-6-4-5-7-19(16)25-3/h4-7,10-12H,8-9,13H2,1-3H3. The fourth-order valence-electron chi connectivity index (χ4n) is 2.98. The van der Waals surface area contributed by atoms with E-state index in [1.807, 2.05) is 50.2 Å². The van der Waals surface area contributed by atoms with Gasteiger partial charge in [0, 0.05) is 23.4 Å². The molecule has 0 N–H and O–H groups in total. The van der Waals surface area contributed by atoms with Crippen LogP contribution in [-0.2, 0) is 22.6 Å². The topological polar surface area (TPSA) is 65.7 Å². The van der Waals surface area contributed by atoms with Gasteiger partial charge in [-0.2, -0.15) is 0 Å². The summed E-state index contributed by atoms with van der Waals surface area (Å²) in [5.74, 6) is 0.425. The molecule has 1 heterocycles. The fraction of sp³-hybridized carbons (Fsp3) is 0.273. The van der Waals surface area contributed by atoms with E-state index in [1.54, 1.807) is 7.11 Å². The number of hydrogen-bond donors (Lipinski definition) is 0. The summed E-state index contributed by atoms with van der Waals surface area (Å²) >= 11 is 0. The molecule has 0 fully saturated rings. The highest BCUT2D eigenvalue weighted by molar-refractivity contribution is 5.82. The number of ether oxygens (including phenoxy) is 2. The number of methoxy groups -OCH3 is 1. The lowest BCUT2D eigenvalue weighted by Crippen LogP contribution is -2.09. The molecule has 5 nitrogen and oxygen atoms in total. The molecule has 0 radical (unpaired) electrons. The lowest BCUT2D eigenvalue weighted by atomic mass is 10.0. The minimum absolute atomic E-state index is 0.0371. The van der Waals surface area contributed by atoms with Crippen molar-refractivity contribution in [3.05, 3.63) is 75.1 Å². The van der Waals surface area contributed by atoms with Crippen LogP contribution in [0.3, 0.4) is 0 Å². The Morgan fingerprint density at radius 3 is 2.56 bits per heavy atom. The second-order valence-corrected chi connectivity index (χ2v) is 6.50. The van der Waals surface area contributed by atoms with E-state index in [2.05, 4.69) is 0 Å². The predicted molar refractivity (Wildman–Crippen MR) is 103 cm³/mol. The van der Waals surface area contributed by atoms with Gasteiger partial charge in [0.2, 0.25) is 0 Å². The highest BCUT2D eigenvalue weighted by Crippen LogP contribution is 2.23. The Morgan fingerprint density at radius 2 is 1.78 bits per heavy atom. The van der Waals surface area contributed by atoms with Gasteiger partial charge in [-0.3, -0.25) is 4.79 Å². The predicted octanol–water partition coefficient (Wildman–Crippen LogP) is 4.09. The van der Waals surface area contributed by atoms with E-state index in [4.69, 9.17) is 13.9 Å². The summed E-state index contributed by atoms with van der Waals surface area (Å²) in [6, 6.07) is 12.7. The van der Waals surface area contributed by atoms with Gasteiger partial charge in [-0.15, -0.1) is 0 Å². The van der Waals surface area contributed by atoms with Crippen molar-refractivity contribution in [2.45, 2.75) is 33.3 Å². The van der Waals surface area contributed by atoms with E-state index < -0.39 is 5.63 Å². The first kappa shape index (κ1) is 18.7. The molecular weight excluding hydrogens is 344 g/mol. The molecule has 0 spiro atoms. The van der Waals surface area contributed by atoms with E-state index in [1.165, 1.54) is 6.07 Å². The fourth-order valence-corrected chi connectivity index (χ4v) is 2.98. The molecule has 0 aliphatic heterocycles. The summed E-state index contributed by atoms with van der Waals surface area (Å²) in [6.45, 7) is 3.98. The first-order valence-corrected chi connectivity index (χ1v) is 8.79. The Bertz CT molecular complexity index is 1030. The summed E-state index contributed by atoms with van der Waals surface area (Å²) in [5, 5.41) is 0.787. The Labute approximate surface area is 157 Å². The van der Waals surface area contributed by atoms with E-state index in [9.17, 15) is 9.59 Å². The maximum atomic E-state index is 12.2. The molecule has 0 saturated heterocycles. The SMILES string of the molecule is COc1ccccc1CCC(=O)OCc1cc(=O)oc2cc(C)c(C)cc12. The Morgan fingerprint density at radius 1 is 1.04 bits per heavy atom. The number of carbonyl (C=O) groups excluding carboxylic acids is 1. The molecule has 3 aromatic rings. The Hall–Kier alpha value is -3.08. The second kappa shape index (κ2) is 8.08. The summed E-state index contributed by atoms with van der Waals surface area (Å²) in [6.07, 6.45) is 0.761. The minimum Gasteiger partial charge on any atom is -0.496 e. The summed E-state index contributed by atoms with van der Waals surface area (Å²) in [4.78, 5) is 24.0. The first-order chi connectivity index (χ1) is 13.0. The number of benzene rings is 2. The maximum absolute atomic E-state index is 12.2. The van der Waals surface area contributed by atoms with Gasteiger partial charge in [0.05, 0.1) is 7.11 Å². The van der Waals surface area contributed by atoms with Crippen LogP contribution in [0.5, 0.6) is 5.75 Å². The molecule has 0 aliphatic carbocycles. The number of rotatable bonds is 6. The van der Waals surface area contributed by atoms with Gasteiger partial charge in [-0.1, -0.05) is 18.2 Å². The zero-order valence-corrected chi connectivity index (χ0v) is 15.7. The number of fused-ring (bicyclic) bond motifs is 1. The summed E-state index contributed by atoms with van der Waals surface area (Å²) in [7, 11) is 1.60. The van der Waals surface area contributed by atoms with Crippen molar-refractivity contribution < 1.29 is 18.7 Å². The van der Waals surface area contributed by atoms with Crippen LogP contribution in [0.2, 0.25) is 0 Å². The van der Waals surface area contributed by atoms with Crippen LogP contribution in [0.1, 0.15) is 28.7 Å². The van der Waals surface area contributed by atoms with Gasteiger partial charge in [0.25, 0.3) is 0 Å². The third-order valence-electron chi connectivity index (χ3n) is 4.62. The van der Waals surface area contributed by atoms with E-state index in [0.29, 0.717) is 17.6 Å². The third-order valence-corrected chi connectivity index (χ3v) is 4.62. The van der Waals surface area contributed by atoms with Crippen molar-refractivity contribution in [3.8, 4) is 5.75 Å². The van der Waals surface area contributed by atoms with Crippen molar-refractivity contribution >= 4 is 16.9 Å². The molecule has 3 rings (SSSR count). The molecular formula is C22H22O5. The normalized spacial score (nSPS) is 10.8. The van der Waals surface area contributed by atoms with E-state index in [0.717, 1.165) is 27.8 Å². The van der Waals surface area contributed by atoms with Crippen molar-refractivity contribution in [1.82, 2.24) is 0 Å². The monoisotopic (exact) mass is 366 g/mol. The Balaban J connectivity index is 1.70. The zero-order valence-electron chi connectivity index (χ0n) is 15.7. The van der Waals surface area contributed by atoms with Crippen molar-refractivity contribution in [1.29, 1.82) is 0 Å². The van der Waals surface area contributed by atoms with Crippen LogP contribution in [0, 0.1) is 13.8 Å². The van der Waals surface area contributed by atoms with Crippen molar-refractivity contribution in [2.75, 3.05) is 7.11 Å². The molecule has 27 heavy (non-hydrogen) atoms. The van der Waals surface area contributed by atoms with Gasteiger partial charge in [0.1, 0.15) is 17.9 Å². The largest absolute Gasteiger partial charge is 0.496 e. The molecule has 0 unspecified atom stereocenters. The number of aryl methyl sites for hydroxylation is 3. The number of carbonyl (C=O) groups is 1. The molecule has 5 heteroatoms.